The van der Waals surface area contributed by atoms with Gasteiger partial charge in [-0.3, -0.25) is 4.99 Å². The number of aromatic amines is 1. The summed E-state index contributed by atoms with van der Waals surface area (Å²) in [6, 6.07) is 7.91. The predicted molar refractivity (Wildman–Crippen MR) is 58.8 cm³/mol. The third-order valence-electron chi connectivity index (χ3n) is 1.86. The van der Waals surface area contributed by atoms with Crippen LogP contribution in [0, 0.1) is 0 Å². The molecule has 0 aliphatic rings. The molecule has 0 radical (unpaired) electrons. The monoisotopic (exact) mass is 185 g/mol. The van der Waals surface area contributed by atoms with Crippen LogP contribution in [0.4, 0.5) is 0 Å². The molecule has 2 aromatic rings. The van der Waals surface area contributed by atoms with E-state index < -0.39 is 0 Å². The predicted octanol–water partition coefficient (Wildman–Crippen LogP) is 2.17. The van der Waals surface area contributed by atoms with E-state index in [0.29, 0.717) is 6.54 Å². The molecule has 0 aliphatic carbocycles. The summed E-state index contributed by atoms with van der Waals surface area (Å²) in [6.45, 7) is 4.21. The van der Waals surface area contributed by atoms with E-state index in [9.17, 15) is 0 Å². The van der Waals surface area contributed by atoms with Gasteiger partial charge in [0.2, 0.25) is 0 Å². The average Bonchev–Trinajstić information content (AvgIpc) is 2.60. The molecule has 2 rings (SSSR count). The maximum Gasteiger partial charge on any atom is 0.149 e. The van der Waals surface area contributed by atoms with Crippen molar-refractivity contribution in [1.82, 2.24) is 9.97 Å². The van der Waals surface area contributed by atoms with Crippen LogP contribution in [0.5, 0.6) is 0 Å². The molecule has 0 unspecified atom stereocenters. The van der Waals surface area contributed by atoms with E-state index in [0.717, 1.165) is 16.9 Å². The minimum Gasteiger partial charge on any atom is -0.337 e. The number of hydrogen-bond acceptors (Lipinski definition) is 2. The van der Waals surface area contributed by atoms with Gasteiger partial charge < -0.3 is 4.98 Å². The van der Waals surface area contributed by atoms with Crippen molar-refractivity contribution in [3.63, 3.8) is 0 Å². The Balaban J connectivity index is 2.31. The van der Waals surface area contributed by atoms with Gasteiger partial charge in [-0.25, -0.2) is 4.98 Å². The molecule has 3 nitrogen and oxygen atoms in total. The minimum absolute atomic E-state index is 0.622. The van der Waals surface area contributed by atoms with E-state index in [4.69, 9.17) is 0 Å². The van der Waals surface area contributed by atoms with Crippen LogP contribution in [-0.4, -0.2) is 22.7 Å². The Labute approximate surface area is 82.2 Å². The molecule has 1 aromatic heterocycles. The SMILES string of the molecule is C=CCN=Cc1nc2ccccc2[nH]1. The van der Waals surface area contributed by atoms with Crippen LogP contribution in [0.3, 0.4) is 0 Å². The minimum atomic E-state index is 0.622. The molecule has 14 heavy (non-hydrogen) atoms. The van der Waals surface area contributed by atoms with Crippen molar-refractivity contribution in [1.29, 1.82) is 0 Å². The Morgan fingerprint density at radius 1 is 1.43 bits per heavy atom. The Morgan fingerprint density at radius 3 is 3.07 bits per heavy atom. The molecular formula is C11H11N3. The van der Waals surface area contributed by atoms with Gasteiger partial charge in [0.05, 0.1) is 23.8 Å². The number of para-hydroxylation sites is 2. The zero-order chi connectivity index (χ0) is 9.80. The Bertz CT molecular complexity index is 435. The molecule has 70 valence electrons. The fraction of sp³-hybridized carbons (Fsp3) is 0.0909. The molecular weight excluding hydrogens is 174 g/mol. The number of aliphatic imine (C=N–C) groups is 1. The van der Waals surface area contributed by atoms with Crippen LogP contribution in [0.2, 0.25) is 0 Å². The molecule has 0 aliphatic heterocycles. The highest BCUT2D eigenvalue weighted by molar-refractivity contribution is 5.83. The second-order valence-electron chi connectivity index (χ2n) is 2.92. The number of H-pyrrole nitrogens is 1. The van der Waals surface area contributed by atoms with Crippen molar-refractivity contribution in [2.45, 2.75) is 0 Å². The topological polar surface area (TPSA) is 41.0 Å². The lowest BCUT2D eigenvalue weighted by Gasteiger charge is -1.82. The van der Waals surface area contributed by atoms with Gasteiger partial charge in [0, 0.05) is 0 Å². The smallest absolute Gasteiger partial charge is 0.149 e. The highest BCUT2D eigenvalue weighted by Gasteiger charge is 1.97. The van der Waals surface area contributed by atoms with E-state index in [-0.39, 0.29) is 0 Å². The molecule has 0 spiro atoms. The summed E-state index contributed by atoms with van der Waals surface area (Å²) in [4.78, 5) is 11.6. The molecule has 1 aromatic carbocycles. The zero-order valence-electron chi connectivity index (χ0n) is 7.77. The number of hydrogen-bond donors (Lipinski definition) is 1. The number of imidazole rings is 1. The van der Waals surface area contributed by atoms with Gasteiger partial charge in [-0.15, -0.1) is 6.58 Å². The first-order valence-electron chi connectivity index (χ1n) is 4.45. The summed E-state index contributed by atoms with van der Waals surface area (Å²) in [5.74, 6) is 0.785. The van der Waals surface area contributed by atoms with Crippen molar-refractivity contribution in [3.8, 4) is 0 Å². The summed E-state index contributed by atoms with van der Waals surface area (Å²) in [5, 5.41) is 0. The Morgan fingerprint density at radius 2 is 2.29 bits per heavy atom. The van der Waals surface area contributed by atoms with Gasteiger partial charge in [0.1, 0.15) is 5.82 Å². The van der Waals surface area contributed by atoms with Crippen LogP contribution in [0.15, 0.2) is 41.9 Å². The van der Waals surface area contributed by atoms with E-state index >= 15 is 0 Å². The Kier molecular flexibility index (Phi) is 2.40. The average molecular weight is 185 g/mol. The normalized spacial score (nSPS) is 11.1. The summed E-state index contributed by atoms with van der Waals surface area (Å²) in [7, 11) is 0. The summed E-state index contributed by atoms with van der Waals surface area (Å²) >= 11 is 0. The molecule has 0 saturated heterocycles. The van der Waals surface area contributed by atoms with E-state index in [2.05, 4.69) is 21.5 Å². The summed E-state index contributed by atoms with van der Waals surface area (Å²) < 4.78 is 0. The maximum absolute atomic E-state index is 4.35. The second kappa shape index (κ2) is 3.87. The molecule has 0 atom stereocenters. The lowest BCUT2D eigenvalue weighted by atomic mass is 10.3. The molecule has 0 amide bonds. The van der Waals surface area contributed by atoms with Crippen molar-refractivity contribution in [3.05, 3.63) is 42.7 Å². The van der Waals surface area contributed by atoms with Crippen LogP contribution in [-0.2, 0) is 0 Å². The fourth-order valence-corrected chi connectivity index (χ4v) is 1.25. The van der Waals surface area contributed by atoms with E-state index in [1.54, 1.807) is 12.3 Å². The van der Waals surface area contributed by atoms with Crippen LogP contribution in [0.25, 0.3) is 11.0 Å². The Hall–Kier alpha value is -1.90. The number of nitrogens with one attached hydrogen (secondary N) is 1. The summed E-state index contributed by atoms with van der Waals surface area (Å²) in [6.07, 6.45) is 3.47. The van der Waals surface area contributed by atoms with Gasteiger partial charge in [-0.1, -0.05) is 18.2 Å². The first-order chi connectivity index (χ1) is 6.90. The highest BCUT2D eigenvalue weighted by atomic mass is 14.9. The van der Waals surface area contributed by atoms with Crippen LogP contribution < -0.4 is 0 Å². The third-order valence-corrected chi connectivity index (χ3v) is 1.86. The molecule has 1 N–H and O–H groups in total. The lowest BCUT2D eigenvalue weighted by Crippen LogP contribution is -1.84. The zero-order valence-corrected chi connectivity index (χ0v) is 7.77. The molecule has 0 fully saturated rings. The van der Waals surface area contributed by atoms with Crippen LogP contribution in [0.1, 0.15) is 5.82 Å². The van der Waals surface area contributed by atoms with Gasteiger partial charge in [-0.2, -0.15) is 0 Å². The largest absolute Gasteiger partial charge is 0.337 e. The van der Waals surface area contributed by atoms with Gasteiger partial charge in [0.25, 0.3) is 0 Å². The number of benzene rings is 1. The third kappa shape index (κ3) is 1.71. The van der Waals surface area contributed by atoms with Gasteiger partial charge in [0.15, 0.2) is 0 Å². The second-order valence-corrected chi connectivity index (χ2v) is 2.92. The van der Waals surface area contributed by atoms with Crippen molar-refractivity contribution in [2.75, 3.05) is 6.54 Å². The van der Waals surface area contributed by atoms with E-state index in [1.165, 1.54) is 0 Å². The number of nitrogens with zero attached hydrogens (tertiary/aromatic N) is 2. The van der Waals surface area contributed by atoms with Crippen molar-refractivity contribution in [2.24, 2.45) is 4.99 Å². The number of aromatic nitrogens is 2. The quantitative estimate of drug-likeness (QED) is 0.577. The van der Waals surface area contributed by atoms with E-state index in [1.807, 2.05) is 24.3 Å². The fourth-order valence-electron chi connectivity index (χ4n) is 1.25. The van der Waals surface area contributed by atoms with Crippen LogP contribution >= 0.6 is 0 Å². The van der Waals surface area contributed by atoms with Crippen molar-refractivity contribution < 1.29 is 0 Å². The molecule has 1 heterocycles. The number of rotatable bonds is 3. The van der Waals surface area contributed by atoms with Crippen molar-refractivity contribution >= 4 is 17.2 Å². The first-order valence-corrected chi connectivity index (χ1v) is 4.45. The van der Waals surface area contributed by atoms with Gasteiger partial charge >= 0.3 is 0 Å². The molecule has 3 heteroatoms. The van der Waals surface area contributed by atoms with Gasteiger partial charge in [-0.05, 0) is 12.1 Å². The highest BCUT2D eigenvalue weighted by Crippen LogP contribution is 2.08. The standard InChI is InChI=1S/C11H11N3/c1-2-7-12-8-11-13-9-5-3-4-6-10(9)14-11/h2-6,8H,1,7H2,(H,13,14). The molecule has 0 saturated carbocycles. The first kappa shape index (κ1) is 8.69. The maximum atomic E-state index is 4.35. The molecule has 0 bridgehead atoms. The lowest BCUT2D eigenvalue weighted by molar-refractivity contribution is 1.23. The number of fused-ring (bicyclic) bond motifs is 1. The summed E-state index contributed by atoms with van der Waals surface area (Å²) in [5.41, 5.74) is 2.00.